The lowest BCUT2D eigenvalue weighted by molar-refractivity contribution is -0.143. The van der Waals surface area contributed by atoms with Crippen molar-refractivity contribution in [1.29, 1.82) is 0 Å². The van der Waals surface area contributed by atoms with Crippen molar-refractivity contribution in [3.63, 3.8) is 0 Å². The zero-order valence-corrected chi connectivity index (χ0v) is 13.5. The van der Waals surface area contributed by atoms with Gasteiger partial charge in [-0.15, -0.1) is 0 Å². The number of aromatic nitrogens is 1. The van der Waals surface area contributed by atoms with Crippen molar-refractivity contribution in [1.82, 2.24) is 14.8 Å². The summed E-state index contributed by atoms with van der Waals surface area (Å²) in [4.78, 5) is 32.0. The number of rotatable bonds is 2. The Bertz CT molecular complexity index is 553. The van der Waals surface area contributed by atoms with Crippen molar-refractivity contribution in [2.75, 3.05) is 26.2 Å². The van der Waals surface area contributed by atoms with Gasteiger partial charge in [-0.05, 0) is 17.7 Å². The lowest BCUT2D eigenvalue weighted by Crippen LogP contribution is -2.52. The summed E-state index contributed by atoms with van der Waals surface area (Å²) in [5, 5.41) is 0. The van der Waals surface area contributed by atoms with Gasteiger partial charge >= 0.3 is 0 Å². The third kappa shape index (κ3) is 4.16. The van der Waals surface area contributed by atoms with Crippen LogP contribution in [-0.2, 0) is 9.59 Å². The molecule has 22 heavy (non-hydrogen) atoms. The molecule has 2 rings (SSSR count). The minimum atomic E-state index is -0.369. The normalized spacial score (nSPS) is 16.1. The maximum atomic E-state index is 12.2. The van der Waals surface area contributed by atoms with E-state index in [0.717, 1.165) is 5.56 Å². The molecule has 1 aliphatic rings. The molecule has 0 saturated carbocycles. The van der Waals surface area contributed by atoms with Crippen LogP contribution in [0.25, 0.3) is 6.08 Å². The fraction of sp³-hybridized carbons (Fsp3) is 0.471. The molecule has 1 aromatic heterocycles. The SMILES string of the molecule is CC(C)(C)C(=O)N1CCN(C(=O)/C=C/c2cccnc2)CC1. The van der Waals surface area contributed by atoms with Gasteiger partial charge in [-0.2, -0.15) is 0 Å². The van der Waals surface area contributed by atoms with Gasteiger partial charge in [-0.1, -0.05) is 26.8 Å². The van der Waals surface area contributed by atoms with Gasteiger partial charge in [0, 0.05) is 50.1 Å². The molecular formula is C17H23N3O2. The number of pyridine rings is 1. The van der Waals surface area contributed by atoms with Crippen molar-refractivity contribution in [3.8, 4) is 0 Å². The molecule has 118 valence electrons. The minimum absolute atomic E-state index is 0.0216. The zero-order chi connectivity index (χ0) is 16.2. The Morgan fingerprint density at radius 2 is 1.77 bits per heavy atom. The molecule has 5 nitrogen and oxygen atoms in total. The first-order chi connectivity index (χ1) is 10.4. The Morgan fingerprint density at radius 3 is 2.32 bits per heavy atom. The Morgan fingerprint density at radius 1 is 1.14 bits per heavy atom. The topological polar surface area (TPSA) is 53.5 Å². The van der Waals surface area contributed by atoms with E-state index in [2.05, 4.69) is 4.98 Å². The summed E-state index contributed by atoms with van der Waals surface area (Å²) >= 11 is 0. The van der Waals surface area contributed by atoms with Crippen LogP contribution < -0.4 is 0 Å². The molecule has 0 radical (unpaired) electrons. The van der Waals surface area contributed by atoms with Crippen molar-refractivity contribution >= 4 is 17.9 Å². The van der Waals surface area contributed by atoms with Crippen molar-refractivity contribution < 1.29 is 9.59 Å². The average Bonchev–Trinajstić information content (AvgIpc) is 2.52. The zero-order valence-electron chi connectivity index (χ0n) is 13.5. The average molecular weight is 301 g/mol. The van der Waals surface area contributed by atoms with Crippen LogP contribution in [0.1, 0.15) is 26.3 Å². The largest absolute Gasteiger partial charge is 0.339 e. The van der Waals surface area contributed by atoms with Gasteiger partial charge in [0.25, 0.3) is 0 Å². The third-order valence-electron chi connectivity index (χ3n) is 3.62. The van der Waals surface area contributed by atoms with Crippen LogP contribution in [0.5, 0.6) is 0 Å². The van der Waals surface area contributed by atoms with Gasteiger partial charge in [0.1, 0.15) is 0 Å². The standard InChI is InChI=1S/C17H23N3O2/c1-17(2,3)16(22)20-11-9-19(10-12-20)15(21)7-6-14-5-4-8-18-13-14/h4-8,13H,9-12H2,1-3H3/b7-6+. The number of hydrogen-bond acceptors (Lipinski definition) is 3. The molecule has 1 fully saturated rings. The molecule has 2 amide bonds. The molecule has 1 aliphatic heterocycles. The number of carbonyl (C=O) groups excluding carboxylic acids is 2. The second kappa shape index (κ2) is 6.73. The number of piperazine rings is 1. The molecule has 0 atom stereocenters. The molecule has 1 saturated heterocycles. The molecule has 2 heterocycles. The van der Waals surface area contributed by atoms with Gasteiger partial charge in [0.2, 0.25) is 11.8 Å². The van der Waals surface area contributed by atoms with Crippen LogP contribution in [0.2, 0.25) is 0 Å². The minimum Gasteiger partial charge on any atom is -0.339 e. The molecule has 0 aromatic carbocycles. The maximum Gasteiger partial charge on any atom is 0.246 e. The Labute approximate surface area is 131 Å². The number of carbonyl (C=O) groups is 2. The highest BCUT2D eigenvalue weighted by Crippen LogP contribution is 2.18. The molecule has 1 aromatic rings. The van der Waals surface area contributed by atoms with E-state index in [1.54, 1.807) is 29.4 Å². The molecule has 5 heteroatoms. The van der Waals surface area contributed by atoms with E-state index in [1.165, 1.54) is 0 Å². The van der Waals surface area contributed by atoms with Gasteiger partial charge in [-0.25, -0.2) is 0 Å². The highest BCUT2D eigenvalue weighted by molar-refractivity contribution is 5.92. The third-order valence-corrected chi connectivity index (χ3v) is 3.62. The van der Waals surface area contributed by atoms with Gasteiger partial charge in [0.15, 0.2) is 0 Å². The van der Waals surface area contributed by atoms with Gasteiger partial charge in [0.05, 0.1) is 0 Å². The van der Waals surface area contributed by atoms with E-state index < -0.39 is 0 Å². The number of amides is 2. The number of hydrogen-bond donors (Lipinski definition) is 0. The van der Waals surface area contributed by atoms with Gasteiger partial charge in [-0.3, -0.25) is 14.6 Å². The Balaban J connectivity index is 1.88. The van der Waals surface area contributed by atoms with E-state index in [-0.39, 0.29) is 17.2 Å². The summed E-state index contributed by atoms with van der Waals surface area (Å²) in [6.07, 6.45) is 6.74. The van der Waals surface area contributed by atoms with Gasteiger partial charge < -0.3 is 9.80 Å². The highest BCUT2D eigenvalue weighted by Gasteiger charge is 2.30. The molecule has 0 aliphatic carbocycles. The first kappa shape index (κ1) is 16.2. The molecule has 0 unspecified atom stereocenters. The van der Waals surface area contributed by atoms with Crippen LogP contribution in [0.4, 0.5) is 0 Å². The Hall–Kier alpha value is -2.17. The van der Waals surface area contributed by atoms with Crippen molar-refractivity contribution in [2.45, 2.75) is 20.8 Å². The first-order valence-corrected chi connectivity index (χ1v) is 7.54. The predicted molar refractivity (Wildman–Crippen MR) is 85.9 cm³/mol. The van der Waals surface area contributed by atoms with E-state index in [0.29, 0.717) is 26.2 Å². The summed E-state index contributed by atoms with van der Waals surface area (Å²) in [6.45, 7) is 8.12. The second-order valence-corrected chi connectivity index (χ2v) is 6.49. The van der Waals surface area contributed by atoms with Crippen LogP contribution in [-0.4, -0.2) is 52.8 Å². The number of nitrogens with zero attached hydrogens (tertiary/aromatic N) is 3. The maximum absolute atomic E-state index is 12.2. The fourth-order valence-corrected chi connectivity index (χ4v) is 2.35. The van der Waals surface area contributed by atoms with Crippen LogP contribution in [0, 0.1) is 5.41 Å². The molecular weight excluding hydrogens is 278 g/mol. The first-order valence-electron chi connectivity index (χ1n) is 7.54. The molecule has 0 spiro atoms. The van der Waals surface area contributed by atoms with Crippen LogP contribution in [0.15, 0.2) is 30.6 Å². The van der Waals surface area contributed by atoms with Crippen molar-refractivity contribution in [3.05, 3.63) is 36.2 Å². The summed E-state index contributed by atoms with van der Waals surface area (Å²) in [5.74, 6) is 0.122. The molecule has 0 bridgehead atoms. The fourth-order valence-electron chi connectivity index (χ4n) is 2.35. The second-order valence-electron chi connectivity index (χ2n) is 6.49. The monoisotopic (exact) mass is 301 g/mol. The highest BCUT2D eigenvalue weighted by atomic mass is 16.2. The van der Waals surface area contributed by atoms with Crippen LogP contribution in [0.3, 0.4) is 0 Å². The summed E-state index contributed by atoms with van der Waals surface area (Å²) in [6, 6.07) is 3.73. The quantitative estimate of drug-likeness (QED) is 0.783. The summed E-state index contributed by atoms with van der Waals surface area (Å²) in [5.41, 5.74) is 0.532. The summed E-state index contributed by atoms with van der Waals surface area (Å²) < 4.78 is 0. The van der Waals surface area contributed by atoms with E-state index in [4.69, 9.17) is 0 Å². The Kier molecular flexibility index (Phi) is 4.96. The lowest BCUT2D eigenvalue weighted by atomic mass is 9.94. The lowest BCUT2D eigenvalue weighted by Gasteiger charge is -2.37. The van der Waals surface area contributed by atoms with E-state index in [9.17, 15) is 9.59 Å². The van der Waals surface area contributed by atoms with E-state index in [1.807, 2.05) is 37.8 Å². The van der Waals surface area contributed by atoms with E-state index >= 15 is 0 Å². The van der Waals surface area contributed by atoms with Crippen LogP contribution >= 0.6 is 0 Å². The smallest absolute Gasteiger partial charge is 0.246 e. The predicted octanol–water partition coefficient (Wildman–Crippen LogP) is 1.81. The molecule has 0 N–H and O–H groups in total. The summed E-state index contributed by atoms with van der Waals surface area (Å²) in [7, 11) is 0. The van der Waals surface area contributed by atoms with Crippen molar-refractivity contribution in [2.24, 2.45) is 5.41 Å².